The van der Waals surface area contributed by atoms with Crippen LogP contribution in [0.1, 0.15) is 0 Å². The van der Waals surface area contributed by atoms with Crippen LogP contribution < -0.4 is 5.32 Å². The van der Waals surface area contributed by atoms with Crippen LogP contribution in [0.3, 0.4) is 0 Å². The number of aromatic hydroxyl groups is 1. The van der Waals surface area contributed by atoms with E-state index in [1.165, 1.54) is 17.4 Å². The van der Waals surface area contributed by atoms with Crippen LogP contribution in [0.25, 0.3) is 10.2 Å². The van der Waals surface area contributed by atoms with E-state index in [2.05, 4.69) is 10.3 Å². The molecule has 5 nitrogen and oxygen atoms in total. The van der Waals surface area contributed by atoms with Gasteiger partial charge in [-0.2, -0.15) is 0 Å². The van der Waals surface area contributed by atoms with E-state index in [1.54, 1.807) is 12.1 Å². The predicted octanol–water partition coefficient (Wildman–Crippen LogP) is 0.933. The molecular weight excluding hydrogens is 216 g/mol. The van der Waals surface area contributed by atoms with Gasteiger partial charge in [-0.1, -0.05) is 11.3 Å². The molecule has 0 spiro atoms. The van der Waals surface area contributed by atoms with Gasteiger partial charge in [-0.3, -0.25) is 10.1 Å². The number of aromatic nitrogens is 1. The van der Waals surface area contributed by atoms with Crippen molar-refractivity contribution in [3.05, 3.63) is 18.2 Å². The van der Waals surface area contributed by atoms with Gasteiger partial charge in [0.25, 0.3) is 5.91 Å². The number of benzene rings is 1. The smallest absolute Gasteiger partial charge is 0.251 e. The summed E-state index contributed by atoms with van der Waals surface area (Å²) >= 11 is 1.28. The van der Waals surface area contributed by atoms with Gasteiger partial charge >= 0.3 is 0 Å². The lowest BCUT2D eigenvalue weighted by molar-refractivity contribution is -0.118. The van der Waals surface area contributed by atoms with Crippen molar-refractivity contribution in [2.24, 2.45) is 0 Å². The fourth-order valence-corrected chi connectivity index (χ4v) is 1.99. The van der Waals surface area contributed by atoms with Gasteiger partial charge in [-0.25, -0.2) is 4.98 Å². The van der Waals surface area contributed by atoms with Crippen LogP contribution in [0.2, 0.25) is 0 Å². The lowest BCUT2D eigenvalue weighted by Gasteiger charge is -1.94. The highest BCUT2D eigenvalue weighted by atomic mass is 32.1. The van der Waals surface area contributed by atoms with E-state index < -0.39 is 12.5 Å². The molecule has 6 heteroatoms. The number of nitrogens with one attached hydrogen (secondary N) is 1. The minimum Gasteiger partial charge on any atom is -0.508 e. The molecule has 0 saturated carbocycles. The van der Waals surface area contributed by atoms with Crippen molar-refractivity contribution in [2.75, 3.05) is 11.9 Å². The van der Waals surface area contributed by atoms with Crippen molar-refractivity contribution in [2.45, 2.75) is 0 Å². The molecule has 2 rings (SSSR count). The second-order valence-electron chi connectivity index (χ2n) is 2.88. The Morgan fingerprint density at radius 3 is 3.07 bits per heavy atom. The summed E-state index contributed by atoms with van der Waals surface area (Å²) in [6, 6.07) is 4.79. The number of anilines is 1. The van der Waals surface area contributed by atoms with Crippen LogP contribution in [-0.2, 0) is 4.79 Å². The minimum atomic E-state index is -0.568. The summed E-state index contributed by atoms with van der Waals surface area (Å²) in [5, 5.41) is 20.6. The molecule has 78 valence electrons. The number of hydrogen-bond donors (Lipinski definition) is 3. The van der Waals surface area contributed by atoms with Crippen LogP contribution in [0.15, 0.2) is 18.2 Å². The van der Waals surface area contributed by atoms with Gasteiger partial charge in [0.05, 0.1) is 10.2 Å². The number of aliphatic hydroxyl groups excluding tert-OH is 1. The third-order valence-electron chi connectivity index (χ3n) is 1.76. The molecule has 0 unspecified atom stereocenters. The van der Waals surface area contributed by atoms with Crippen molar-refractivity contribution < 1.29 is 15.0 Å². The quantitative estimate of drug-likeness (QED) is 0.708. The Morgan fingerprint density at radius 2 is 2.33 bits per heavy atom. The number of thiazole rings is 1. The van der Waals surface area contributed by atoms with Crippen molar-refractivity contribution in [1.82, 2.24) is 4.98 Å². The fourth-order valence-electron chi connectivity index (χ4n) is 1.13. The maximum atomic E-state index is 10.9. The number of hydrogen-bond acceptors (Lipinski definition) is 5. The van der Waals surface area contributed by atoms with E-state index in [0.29, 0.717) is 10.6 Å². The monoisotopic (exact) mass is 224 g/mol. The van der Waals surface area contributed by atoms with E-state index in [0.717, 1.165) is 4.70 Å². The molecule has 0 saturated heterocycles. The average Bonchev–Trinajstić information content (AvgIpc) is 2.59. The first kappa shape index (κ1) is 9.88. The Bertz CT molecular complexity index is 509. The summed E-state index contributed by atoms with van der Waals surface area (Å²) in [5.41, 5.74) is 0.619. The maximum absolute atomic E-state index is 10.9. The van der Waals surface area contributed by atoms with Crippen molar-refractivity contribution in [3.8, 4) is 5.75 Å². The summed E-state index contributed by atoms with van der Waals surface area (Å²) in [6.07, 6.45) is 0. The topological polar surface area (TPSA) is 82.5 Å². The van der Waals surface area contributed by atoms with E-state index in [9.17, 15) is 9.90 Å². The molecule has 15 heavy (non-hydrogen) atoms. The number of aliphatic hydroxyl groups is 1. The number of fused-ring (bicyclic) bond motifs is 1. The van der Waals surface area contributed by atoms with Gasteiger partial charge in [-0.05, 0) is 12.1 Å². The fraction of sp³-hybridized carbons (Fsp3) is 0.111. The molecule has 3 N–H and O–H groups in total. The van der Waals surface area contributed by atoms with Crippen molar-refractivity contribution >= 4 is 32.6 Å². The molecule has 2 aromatic rings. The highest BCUT2D eigenvalue weighted by Gasteiger charge is 2.06. The Labute approximate surface area is 89.0 Å². The SMILES string of the molecule is O=C(CO)Nc1nc2cc(O)ccc2s1. The zero-order valence-corrected chi connectivity index (χ0v) is 8.41. The molecule has 0 aliphatic carbocycles. The van der Waals surface area contributed by atoms with Crippen molar-refractivity contribution in [3.63, 3.8) is 0 Å². The summed E-state index contributed by atoms with van der Waals surface area (Å²) in [6.45, 7) is -0.568. The minimum absolute atomic E-state index is 0.132. The van der Waals surface area contributed by atoms with Crippen LogP contribution in [0.4, 0.5) is 5.13 Å². The van der Waals surface area contributed by atoms with E-state index >= 15 is 0 Å². The molecule has 1 aromatic carbocycles. The molecule has 1 amide bonds. The standard InChI is InChI=1S/C9H8N2O3S/c12-4-8(14)11-9-10-6-3-5(13)1-2-7(6)15-9/h1-3,12-13H,4H2,(H,10,11,14). The number of carbonyl (C=O) groups is 1. The Morgan fingerprint density at radius 1 is 1.53 bits per heavy atom. The summed E-state index contributed by atoms with van der Waals surface area (Å²) in [4.78, 5) is 15.0. The normalized spacial score (nSPS) is 10.5. The highest BCUT2D eigenvalue weighted by Crippen LogP contribution is 2.28. The zero-order chi connectivity index (χ0) is 10.8. The Hall–Kier alpha value is -1.66. The molecule has 1 heterocycles. The first-order chi connectivity index (χ1) is 7.19. The Balaban J connectivity index is 2.34. The van der Waals surface area contributed by atoms with Gasteiger partial charge in [0.1, 0.15) is 12.4 Å². The molecular formula is C9H8N2O3S. The molecule has 0 fully saturated rings. The highest BCUT2D eigenvalue weighted by molar-refractivity contribution is 7.22. The van der Waals surface area contributed by atoms with E-state index in [4.69, 9.17) is 5.11 Å². The molecule has 1 aromatic heterocycles. The molecule has 0 atom stereocenters. The van der Waals surface area contributed by atoms with Crippen molar-refractivity contribution in [1.29, 1.82) is 0 Å². The Kier molecular flexibility index (Phi) is 2.53. The lowest BCUT2D eigenvalue weighted by atomic mass is 10.3. The number of rotatable bonds is 2. The second kappa shape index (κ2) is 3.84. The van der Waals surface area contributed by atoms with Gasteiger partial charge in [0.15, 0.2) is 5.13 Å². The molecule has 0 radical (unpaired) electrons. The van der Waals surface area contributed by atoms with Crippen LogP contribution in [0.5, 0.6) is 5.75 Å². The molecule has 0 bridgehead atoms. The van der Waals surface area contributed by atoms with E-state index in [-0.39, 0.29) is 5.75 Å². The lowest BCUT2D eigenvalue weighted by Crippen LogP contribution is -2.14. The van der Waals surface area contributed by atoms with Gasteiger partial charge in [-0.15, -0.1) is 0 Å². The third-order valence-corrected chi connectivity index (χ3v) is 2.71. The summed E-state index contributed by atoms with van der Waals surface area (Å²) in [5.74, 6) is -0.369. The van der Waals surface area contributed by atoms with Crippen LogP contribution >= 0.6 is 11.3 Å². The van der Waals surface area contributed by atoms with Gasteiger partial charge in [0.2, 0.25) is 0 Å². The van der Waals surface area contributed by atoms with Gasteiger partial charge < -0.3 is 10.2 Å². The number of amides is 1. The summed E-state index contributed by atoms with van der Waals surface area (Å²) in [7, 11) is 0. The number of nitrogens with zero attached hydrogens (tertiary/aromatic N) is 1. The number of carbonyl (C=O) groups excluding carboxylic acids is 1. The first-order valence-corrected chi connectivity index (χ1v) is 5.01. The number of phenolic OH excluding ortho intramolecular Hbond substituents is 1. The van der Waals surface area contributed by atoms with E-state index in [1.807, 2.05) is 0 Å². The van der Waals surface area contributed by atoms with Crippen LogP contribution in [-0.4, -0.2) is 27.7 Å². The largest absolute Gasteiger partial charge is 0.508 e. The average molecular weight is 224 g/mol. The number of phenols is 1. The molecule has 0 aliphatic heterocycles. The van der Waals surface area contributed by atoms with Crippen LogP contribution in [0, 0.1) is 0 Å². The molecule has 0 aliphatic rings. The third kappa shape index (κ3) is 2.05. The zero-order valence-electron chi connectivity index (χ0n) is 7.60. The second-order valence-corrected chi connectivity index (χ2v) is 3.91. The van der Waals surface area contributed by atoms with Gasteiger partial charge in [0, 0.05) is 6.07 Å². The predicted molar refractivity (Wildman–Crippen MR) is 57.0 cm³/mol. The summed E-state index contributed by atoms with van der Waals surface area (Å²) < 4.78 is 0.862. The first-order valence-electron chi connectivity index (χ1n) is 4.19. The maximum Gasteiger partial charge on any atom is 0.251 e.